The van der Waals surface area contributed by atoms with Gasteiger partial charge in [-0.15, -0.1) is 0 Å². The molecule has 156 valence electrons. The molecule has 2 amide bonds. The van der Waals surface area contributed by atoms with Gasteiger partial charge < -0.3 is 19.7 Å². The monoisotopic (exact) mass is 410 g/mol. The van der Waals surface area contributed by atoms with Crippen molar-refractivity contribution in [2.24, 2.45) is 0 Å². The molecule has 1 aliphatic heterocycles. The summed E-state index contributed by atoms with van der Waals surface area (Å²) in [5.41, 5.74) is 1.32. The molecule has 0 radical (unpaired) electrons. The number of esters is 1. The molecule has 1 aliphatic rings. The molecule has 30 heavy (non-hydrogen) atoms. The first kappa shape index (κ1) is 21.0. The lowest BCUT2D eigenvalue weighted by Gasteiger charge is -2.29. The van der Waals surface area contributed by atoms with Crippen LogP contribution >= 0.6 is 0 Å². The fraction of sp³-hybridized carbons (Fsp3) is 0.273. The summed E-state index contributed by atoms with van der Waals surface area (Å²) >= 11 is 0. The molecule has 0 aliphatic carbocycles. The molecule has 2 aromatic rings. The zero-order valence-electron chi connectivity index (χ0n) is 16.7. The zero-order valence-corrected chi connectivity index (χ0v) is 16.7. The fourth-order valence-electron chi connectivity index (χ4n) is 3.05. The van der Waals surface area contributed by atoms with Crippen molar-refractivity contribution in [3.05, 3.63) is 54.1 Å². The molecule has 1 N–H and O–H groups in total. The van der Waals surface area contributed by atoms with Gasteiger partial charge in [0, 0.05) is 12.1 Å². The Balaban J connectivity index is 1.56. The Labute approximate surface area is 173 Å². The highest BCUT2D eigenvalue weighted by molar-refractivity contribution is 6.04. The van der Waals surface area contributed by atoms with E-state index in [1.807, 2.05) is 0 Å². The van der Waals surface area contributed by atoms with Crippen molar-refractivity contribution in [3.63, 3.8) is 0 Å². The lowest BCUT2D eigenvalue weighted by Crippen LogP contribution is -2.40. The van der Waals surface area contributed by atoms with Crippen LogP contribution in [0.5, 0.6) is 5.75 Å². The predicted molar refractivity (Wildman–Crippen MR) is 110 cm³/mol. The Morgan fingerprint density at radius 3 is 2.60 bits per heavy atom. The van der Waals surface area contributed by atoms with Gasteiger partial charge in [-0.05, 0) is 38.1 Å². The molecule has 0 spiro atoms. The summed E-state index contributed by atoms with van der Waals surface area (Å²) in [6.07, 6.45) is -1.15. The molecule has 1 heterocycles. The Hall–Kier alpha value is -3.68. The van der Waals surface area contributed by atoms with E-state index in [0.717, 1.165) is 0 Å². The van der Waals surface area contributed by atoms with Crippen molar-refractivity contribution in [2.75, 3.05) is 23.4 Å². The lowest BCUT2D eigenvalue weighted by atomic mass is 10.1. The molecule has 0 saturated carbocycles. The van der Waals surface area contributed by atoms with Crippen LogP contribution in [0.2, 0.25) is 0 Å². The molecular weight excluding hydrogens is 388 g/mol. The number of nitrogens with one attached hydrogen (secondary N) is 1. The van der Waals surface area contributed by atoms with Crippen LogP contribution in [0.15, 0.2) is 48.5 Å². The summed E-state index contributed by atoms with van der Waals surface area (Å²) in [5.74, 6) is -1.04. The standard InChI is InChI=1S/C22H22N2O6/c1-14(25)16-7-3-4-8-17(16)23-22(28)15(2)30-21(27)11-12-24-18-9-5-6-10-19(18)29-13-20(24)26/h3-10,15H,11-13H2,1-2H3,(H,23,28)/t15-/m0/s1. The molecule has 1 atom stereocenters. The first-order valence-corrected chi connectivity index (χ1v) is 9.49. The highest BCUT2D eigenvalue weighted by Crippen LogP contribution is 2.31. The number of hydrogen-bond donors (Lipinski definition) is 1. The number of carbonyl (C=O) groups excluding carboxylic acids is 4. The van der Waals surface area contributed by atoms with Crippen LogP contribution in [-0.4, -0.2) is 42.8 Å². The van der Waals surface area contributed by atoms with Crippen molar-refractivity contribution in [2.45, 2.75) is 26.4 Å². The lowest BCUT2D eigenvalue weighted by molar-refractivity contribution is -0.153. The second-order valence-corrected chi connectivity index (χ2v) is 6.77. The topological polar surface area (TPSA) is 102 Å². The van der Waals surface area contributed by atoms with Gasteiger partial charge >= 0.3 is 5.97 Å². The molecule has 3 rings (SSSR count). The number of carbonyl (C=O) groups is 4. The van der Waals surface area contributed by atoms with Gasteiger partial charge in [-0.3, -0.25) is 19.2 Å². The minimum Gasteiger partial charge on any atom is -0.482 e. The number of fused-ring (bicyclic) bond motifs is 1. The third-order valence-electron chi connectivity index (χ3n) is 4.59. The van der Waals surface area contributed by atoms with Crippen molar-refractivity contribution < 1.29 is 28.7 Å². The van der Waals surface area contributed by atoms with Gasteiger partial charge in [0.15, 0.2) is 18.5 Å². The van der Waals surface area contributed by atoms with Crippen molar-refractivity contribution >= 4 is 34.9 Å². The largest absolute Gasteiger partial charge is 0.482 e. The van der Waals surface area contributed by atoms with E-state index in [1.54, 1.807) is 48.5 Å². The first-order chi connectivity index (χ1) is 14.4. The maximum Gasteiger partial charge on any atom is 0.308 e. The molecular formula is C22H22N2O6. The number of benzene rings is 2. The van der Waals surface area contributed by atoms with Gasteiger partial charge in [-0.2, -0.15) is 0 Å². The second kappa shape index (κ2) is 9.21. The van der Waals surface area contributed by atoms with Gasteiger partial charge in [0.2, 0.25) is 0 Å². The minimum absolute atomic E-state index is 0.0816. The van der Waals surface area contributed by atoms with Crippen LogP contribution in [0.3, 0.4) is 0 Å². The van der Waals surface area contributed by atoms with E-state index >= 15 is 0 Å². The maximum atomic E-state index is 12.4. The van der Waals surface area contributed by atoms with Crippen LogP contribution in [-0.2, 0) is 19.1 Å². The molecule has 8 nitrogen and oxygen atoms in total. The predicted octanol–water partition coefficient (Wildman–Crippen LogP) is 2.58. The highest BCUT2D eigenvalue weighted by atomic mass is 16.5. The molecule has 0 bridgehead atoms. The zero-order chi connectivity index (χ0) is 21.7. The van der Waals surface area contributed by atoms with Gasteiger partial charge in [0.05, 0.1) is 17.8 Å². The number of ketones is 1. The number of rotatable bonds is 7. The van der Waals surface area contributed by atoms with E-state index < -0.39 is 18.0 Å². The number of nitrogens with zero attached hydrogens (tertiary/aromatic N) is 1. The summed E-state index contributed by atoms with van der Waals surface area (Å²) in [6, 6.07) is 13.6. The minimum atomic E-state index is -1.06. The third kappa shape index (κ3) is 4.83. The number of Topliss-reactive ketones (excluding diaryl/α,β-unsaturated/α-hetero) is 1. The van der Waals surface area contributed by atoms with Gasteiger partial charge in [0.25, 0.3) is 11.8 Å². The van der Waals surface area contributed by atoms with Gasteiger partial charge in [-0.1, -0.05) is 24.3 Å². The van der Waals surface area contributed by atoms with Gasteiger partial charge in [-0.25, -0.2) is 0 Å². The second-order valence-electron chi connectivity index (χ2n) is 6.77. The normalized spacial score (nSPS) is 13.7. The number of anilines is 2. The summed E-state index contributed by atoms with van der Waals surface area (Å²) in [4.78, 5) is 49.9. The van der Waals surface area contributed by atoms with E-state index in [4.69, 9.17) is 9.47 Å². The molecule has 0 unspecified atom stereocenters. The Morgan fingerprint density at radius 1 is 1.13 bits per heavy atom. The fourth-order valence-corrected chi connectivity index (χ4v) is 3.05. The number of amides is 2. The van der Waals surface area contributed by atoms with Crippen LogP contribution in [0.25, 0.3) is 0 Å². The summed E-state index contributed by atoms with van der Waals surface area (Å²) in [5, 5.41) is 2.60. The van der Waals surface area contributed by atoms with E-state index in [0.29, 0.717) is 22.7 Å². The highest BCUT2D eigenvalue weighted by Gasteiger charge is 2.26. The Morgan fingerprint density at radius 2 is 1.83 bits per heavy atom. The Bertz CT molecular complexity index is 987. The number of hydrogen-bond acceptors (Lipinski definition) is 6. The maximum absolute atomic E-state index is 12.4. The Kier molecular flexibility index (Phi) is 6.46. The SMILES string of the molecule is CC(=O)c1ccccc1NC(=O)[C@H](C)OC(=O)CCN1C(=O)COc2ccccc21. The average Bonchev–Trinajstić information content (AvgIpc) is 2.73. The summed E-state index contributed by atoms with van der Waals surface area (Å²) in [7, 11) is 0. The molecule has 0 saturated heterocycles. The molecule has 2 aromatic carbocycles. The summed E-state index contributed by atoms with van der Waals surface area (Å²) < 4.78 is 10.6. The molecule has 0 aromatic heterocycles. The molecule has 0 fully saturated rings. The van der Waals surface area contributed by atoms with Crippen LogP contribution < -0.4 is 15.0 Å². The van der Waals surface area contributed by atoms with E-state index in [-0.39, 0.29) is 31.3 Å². The van der Waals surface area contributed by atoms with Crippen LogP contribution in [0.1, 0.15) is 30.6 Å². The quantitative estimate of drug-likeness (QED) is 0.556. The van der Waals surface area contributed by atoms with Crippen molar-refractivity contribution in [3.8, 4) is 5.75 Å². The number of para-hydroxylation sites is 3. The first-order valence-electron chi connectivity index (χ1n) is 9.49. The average molecular weight is 410 g/mol. The van der Waals surface area contributed by atoms with Gasteiger partial charge in [0.1, 0.15) is 5.75 Å². The number of ether oxygens (including phenoxy) is 2. The van der Waals surface area contributed by atoms with Crippen molar-refractivity contribution in [1.82, 2.24) is 0 Å². The van der Waals surface area contributed by atoms with Crippen molar-refractivity contribution in [1.29, 1.82) is 0 Å². The molecule has 8 heteroatoms. The van der Waals surface area contributed by atoms with E-state index in [2.05, 4.69) is 5.32 Å². The van der Waals surface area contributed by atoms with E-state index in [9.17, 15) is 19.2 Å². The smallest absolute Gasteiger partial charge is 0.308 e. The van der Waals surface area contributed by atoms with Crippen LogP contribution in [0.4, 0.5) is 11.4 Å². The third-order valence-corrected chi connectivity index (χ3v) is 4.59. The summed E-state index contributed by atoms with van der Waals surface area (Å²) in [6.45, 7) is 2.86. The van der Waals surface area contributed by atoms with Crippen LogP contribution in [0, 0.1) is 0 Å². The van der Waals surface area contributed by atoms with E-state index in [1.165, 1.54) is 18.7 Å².